The first-order chi connectivity index (χ1) is 15.5. The Morgan fingerprint density at radius 2 is 1.79 bits per heavy atom. The van der Waals surface area contributed by atoms with E-state index < -0.39 is 29.4 Å². The van der Waals surface area contributed by atoms with Gasteiger partial charge in [0.1, 0.15) is 11.4 Å². The van der Waals surface area contributed by atoms with Crippen LogP contribution < -0.4 is 15.6 Å². The van der Waals surface area contributed by atoms with Crippen LogP contribution in [0.1, 0.15) is 47.6 Å². The average Bonchev–Trinajstić information content (AvgIpc) is 3.50. The lowest BCUT2D eigenvalue weighted by atomic mass is 10.0. The monoisotopic (exact) mass is 471 g/mol. The number of fused-ring (bicyclic) bond motifs is 5. The van der Waals surface area contributed by atoms with Gasteiger partial charge in [-0.2, -0.15) is 13.2 Å². The summed E-state index contributed by atoms with van der Waals surface area (Å²) in [5.74, 6) is -4.45. The number of nitrogens with zero attached hydrogens (tertiary/aromatic N) is 2. The summed E-state index contributed by atoms with van der Waals surface area (Å²) < 4.78 is 48.8. The topological polar surface area (TPSA) is 112 Å². The van der Waals surface area contributed by atoms with E-state index in [-0.39, 0.29) is 23.0 Å². The van der Waals surface area contributed by atoms with Crippen LogP contribution in [0.2, 0.25) is 0 Å². The van der Waals surface area contributed by atoms with Gasteiger partial charge in [0.2, 0.25) is 5.43 Å². The van der Waals surface area contributed by atoms with Gasteiger partial charge in [0.25, 0.3) is 0 Å². The lowest BCUT2D eigenvalue weighted by Gasteiger charge is -2.27. The molecule has 1 aromatic carbocycles. The number of carboxylic acid groups (broad SMARTS) is 2. The van der Waals surface area contributed by atoms with E-state index in [0.29, 0.717) is 17.7 Å². The Hall–Kier alpha value is -3.15. The van der Waals surface area contributed by atoms with Crippen LogP contribution in [0.25, 0.3) is 10.9 Å². The molecule has 1 saturated carbocycles. The van der Waals surface area contributed by atoms with E-state index in [2.05, 4.69) is 10.2 Å². The minimum absolute atomic E-state index is 0.174. The molecule has 178 valence electrons. The molecule has 3 N–H and O–H groups in total. The second-order valence-electron chi connectivity index (χ2n) is 8.32. The van der Waals surface area contributed by atoms with E-state index in [0.717, 1.165) is 44.3 Å². The highest BCUT2D eigenvalue weighted by atomic mass is 19.4. The summed E-state index contributed by atoms with van der Waals surface area (Å²) in [7, 11) is 0. The van der Waals surface area contributed by atoms with Crippen molar-refractivity contribution in [1.82, 2.24) is 9.88 Å². The zero-order valence-corrected chi connectivity index (χ0v) is 17.3. The van der Waals surface area contributed by atoms with Crippen LogP contribution in [-0.4, -0.2) is 52.0 Å². The van der Waals surface area contributed by atoms with Crippen molar-refractivity contribution >= 4 is 28.5 Å². The van der Waals surface area contributed by atoms with Crippen molar-refractivity contribution in [2.24, 2.45) is 0 Å². The van der Waals surface area contributed by atoms with Crippen LogP contribution in [0.3, 0.4) is 0 Å². The van der Waals surface area contributed by atoms with Gasteiger partial charge in [0.05, 0.1) is 11.2 Å². The highest BCUT2D eigenvalue weighted by Crippen LogP contribution is 2.42. The number of alkyl halides is 3. The quantitative estimate of drug-likeness (QED) is 0.578. The van der Waals surface area contributed by atoms with Crippen molar-refractivity contribution in [3.8, 4) is 0 Å². The Balaban J connectivity index is 0.000000325. The molecule has 33 heavy (non-hydrogen) atoms. The van der Waals surface area contributed by atoms with Gasteiger partial charge < -0.3 is 25.0 Å². The predicted molar refractivity (Wildman–Crippen MR) is 109 cm³/mol. The van der Waals surface area contributed by atoms with E-state index in [1.54, 1.807) is 0 Å². The fourth-order valence-electron chi connectivity index (χ4n) is 4.53. The maximum absolute atomic E-state index is 15.1. The van der Waals surface area contributed by atoms with Crippen molar-refractivity contribution in [2.75, 3.05) is 18.0 Å². The molecule has 2 aliphatic heterocycles. The molecule has 8 nitrogen and oxygen atoms in total. The number of nitrogens with one attached hydrogen (secondary N) is 1. The molecule has 2 aromatic rings. The van der Waals surface area contributed by atoms with Crippen molar-refractivity contribution in [1.29, 1.82) is 0 Å². The Morgan fingerprint density at radius 3 is 2.36 bits per heavy atom. The van der Waals surface area contributed by atoms with Gasteiger partial charge >= 0.3 is 18.1 Å². The fraction of sp³-hybridized carbons (Fsp3) is 0.476. The van der Waals surface area contributed by atoms with Gasteiger partial charge in [-0.1, -0.05) is 0 Å². The van der Waals surface area contributed by atoms with Crippen molar-refractivity contribution in [3.63, 3.8) is 0 Å². The molecule has 1 aromatic heterocycles. The molecule has 1 saturated heterocycles. The molecule has 1 aliphatic carbocycles. The van der Waals surface area contributed by atoms with Crippen LogP contribution in [-0.2, 0) is 11.3 Å². The third kappa shape index (κ3) is 4.26. The molecule has 0 spiro atoms. The third-order valence-electron chi connectivity index (χ3n) is 6.10. The number of rotatable bonds is 2. The standard InChI is InChI=1S/C19H20FN3O3.C2HF3O2/c20-15-6-12-16(13-8-21-7-11-2-1-5-22(11)17(13)15)23(10-3-4-10)9-14(18(12)24)19(25)26;3-2(4,5)1(6)7/h6,9-11,21H,1-5,7-8H2,(H,25,26);(H,6,7). The van der Waals surface area contributed by atoms with E-state index in [4.69, 9.17) is 9.90 Å². The highest BCUT2D eigenvalue weighted by Gasteiger charge is 2.38. The predicted octanol–water partition coefficient (Wildman–Crippen LogP) is 2.88. The molecule has 1 unspecified atom stereocenters. The molecular formula is C21H21F4N3O5. The molecule has 0 radical (unpaired) electrons. The minimum Gasteiger partial charge on any atom is -0.477 e. The van der Waals surface area contributed by atoms with E-state index in [1.807, 2.05) is 4.57 Å². The van der Waals surface area contributed by atoms with Gasteiger partial charge in [-0.05, 0) is 31.7 Å². The van der Waals surface area contributed by atoms with Crippen LogP contribution in [0.4, 0.5) is 23.2 Å². The van der Waals surface area contributed by atoms with Crippen LogP contribution in [0.15, 0.2) is 17.1 Å². The SMILES string of the molecule is O=C(O)C(F)(F)F.O=C(O)c1cn(C2CC2)c2c3c(c(F)cc2c1=O)N1CCCC1CNC3. The summed E-state index contributed by atoms with van der Waals surface area (Å²) in [5.41, 5.74) is 1.17. The number of aliphatic carboxylic acids is 1. The second kappa shape index (κ2) is 8.32. The number of benzene rings is 1. The molecule has 0 amide bonds. The number of halogens is 4. The van der Waals surface area contributed by atoms with Crippen molar-refractivity contribution < 1.29 is 37.4 Å². The molecule has 0 bridgehead atoms. The summed E-state index contributed by atoms with van der Waals surface area (Å²) in [6, 6.07) is 1.70. The maximum atomic E-state index is 15.1. The molecule has 2 fully saturated rings. The zero-order valence-electron chi connectivity index (χ0n) is 17.3. The van der Waals surface area contributed by atoms with E-state index in [1.165, 1.54) is 12.3 Å². The van der Waals surface area contributed by atoms with Gasteiger partial charge in [-0.3, -0.25) is 4.79 Å². The summed E-state index contributed by atoms with van der Waals surface area (Å²) in [6.07, 6.45) is 0.315. The Morgan fingerprint density at radius 1 is 1.12 bits per heavy atom. The zero-order chi connectivity index (χ0) is 24.1. The fourth-order valence-corrected chi connectivity index (χ4v) is 4.53. The number of aromatic carboxylic acids is 1. The average molecular weight is 471 g/mol. The summed E-state index contributed by atoms with van der Waals surface area (Å²) in [4.78, 5) is 35.3. The molecule has 12 heteroatoms. The summed E-state index contributed by atoms with van der Waals surface area (Å²) in [6.45, 7) is 2.08. The van der Waals surface area contributed by atoms with Gasteiger partial charge in [0.15, 0.2) is 0 Å². The molecule has 5 rings (SSSR count). The first-order valence-corrected chi connectivity index (χ1v) is 10.4. The highest BCUT2D eigenvalue weighted by molar-refractivity contribution is 5.95. The molecule has 3 aliphatic rings. The van der Waals surface area contributed by atoms with Crippen LogP contribution >= 0.6 is 0 Å². The molecular weight excluding hydrogens is 450 g/mol. The van der Waals surface area contributed by atoms with Crippen LogP contribution in [0.5, 0.6) is 0 Å². The molecule has 1 atom stereocenters. The summed E-state index contributed by atoms with van der Waals surface area (Å²) >= 11 is 0. The molecule has 3 heterocycles. The lowest BCUT2D eigenvalue weighted by molar-refractivity contribution is -0.192. The second-order valence-corrected chi connectivity index (χ2v) is 8.32. The Bertz CT molecular complexity index is 1190. The van der Waals surface area contributed by atoms with Gasteiger partial charge in [-0.25, -0.2) is 14.0 Å². The number of hydrogen-bond acceptors (Lipinski definition) is 5. The summed E-state index contributed by atoms with van der Waals surface area (Å²) in [5, 5.41) is 20.1. The Labute approximate surface area is 184 Å². The van der Waals surface area contributed by atoms with E-state index in [9.17, 15) is 27.9 Å². The van der Waals surface area contributed by atoms with Crippen LogP contribution in [0, 0.1) is 5.82 Å². The van der Waals surface area contributed by atoms with E-state index >= 15 is 4.39 Å². The van der Waals surface area contributed by atoms with Gasteiger partial charge in [-0.15, -0.1) is 0 Å². The first-order valence-electron chi connectivity index (χ1n) is 10.4. The number of carboxylic acids is 2. The number of pyridine rings is 1. The number of carbonyl (C=O) groups is 2. The number of anilines is 1. The maximum Gasteiger partial charge on any atom is 0.490 e. The third-order valence-corrected chi connectivity index (χ3v) is 6.10. The number of hydrogen-bond donors (Lipinski definition) is 3. The Kier molecular flexibility index (Phi) is 5.81. The smallest absolute Gasteiger partial charge is 0.477 e. The largest absolute Gasteiger partial charge is 0.490 e. The van der Waals surface area contributed by atoms with Crippen molar-refractivity contribution in [2.45, 2.75) is 50.5 Å². The van der Waals surface area contributed by atoms with Gasteiger partial charge in [0, 0.05) is 48.9 Å². The minimum atomic E-state index is -5.08. The first kappa shape index (κ1) is 23.0. The lowest BCUT2D eigenvalue weighted by Crippen LogP contribution is -2.35. The number of aromatic nitrogens is 1. The normalized spacial score (nSPS) is 19.9. The van der Waals surface area contributed by atoms with Crippen molar-refractivity contribution in [3.05, 3.63) is 39.4 Å².